The summed E-state index contributed by atoms with van der Waals surface area (Å²) in [5.41, 5.74) is 0.635. The second kappa shape index (κ2) is 8.51. The molecule has 9 heteroatoms. The number of aromatic nitrogens is 2. The molecule has 0 aliphatic heterocycles. The van der Waals surface area contributed by atoms with Crippen molar-refractivity contribution in [2.24, 2.45) is 5.92 Å². The van der Waals surface area contributed by atoms with E-state index >= 15 is 0 Å². The Kier molecular flexibility index (Phi) is 6.10. The molecule has 1 aromatic carbocycles. The van der Waals surface area contributed by atoms with Gasteiger partial charge in [-0.05, 0) is 37.8 Å². The van der Waals surface area contributed by atoms with Crippen molar-refractivity contribution in [1.82, 2.24) is 15.5 Å². The lowest BCUT2D eigenvalue weighted by Crippen LogP contribution is -2.35. The molecule has 3 rings (SSSR count). The summed E-state index contributed by atoms with van der Waals surface area (Å²) in [7, 11) is 4.62. The predicted molar refractivity (Wildman–Crippen MR) is 100 cm³/mol. The number of methoxy groups -OCH3 is 3. The smallest absolute Gasteiger partial charge is 0.277 e. The maximum absolute atomic E-state index is 12.0. The van der Waals surface area contributed by atoms with Crippen molar-refractivity contribution in [3.8, 4) is 28.7 Å². The summed E-state index contributed by atoms with van der Waals surface area (Å²) in [6, 6.07) is 3.68. The van der Waals surface area contributed by atoms with Gasteiger partial charge in [0, 0.05) is 11.6 Å². The standard InChI is InChI=1S/C18H23N3O5S/c1-10(11-5-6-11)19-15(22)9-27-18-21-20-17(26-18)12-7-13(23-2)16(25-4)14(8-12)24-3/h7-8,10-11H,5-6,9H2,1-4H3,(H,19,22)/t10-/m1/s1. The Balaban J connectivity index is 1.67. The molecular formula is C18H23N3O5S. The number of benzene rings is 1. The Bertz CT molecular complexity index is 781. The molecule has 0 radical (unpaired) electrons. The van der Waals surface area contributed by atoms with Crippen molar-refractivity contribution in [2.45, 2.75) is 31.0 Å². The van der Waals surface area contributed by atoms with Crippen molar-refractivity contribution < 1.29 is 23.4 Å². The van der Waals surface area contributed by atoms with E-state index in [4.69, 9.17) is 18.6 Å². The molecule has 1 aromatic heterocycles. The molecule has 0 saturated heterocycles. The van der Waals surface area contributed by atoms with Crippen molar-refractivity contribution >= 4 is 17.7 Å². The SMILES string of the molecule is COc1cc(-c2nnc(SCC(=O)N[C@H](C)C3CC3)o2)cc(OC)c1OC. The van der Waals surface area contributed by atoms with E-state index in [2.05, 4.69) is 15.5 Å². The third-order valence-electron chi connectivity index (χ3n) is 4.36. The molecule has 146 valence electrons. The van der Waals surface area contributed by atoms with Crippen molar-refractivity contribution in [3.63, 3.8) is 0 Å². The molecule has 27 heavy (non-hydrogen) atoms. The Morgan fingerprint density at radius 3 is 2.44 bits per heavy atom. The first-order valence-electron chi connectivity index (χ1n) is 8.61. The molecule has 1 aliphatic rings. The highest BCUT2D eigenvalue weighted by molar-refractivity contribution is 7.99. The molecule has 1 fully saturated rings. The minimum absolute atomic E-state index is 0.0352. The fourth-order valence-electron chi connectivity index (χ4n) is 2.73. The Morgan fingerprint density at radius 2 is 1.89 bits per heavy atom. The quantitative estimate of drug-likeness (QED) is 0.650. The van der Waals surface area contributed by atoms with E-state index in [0.717, 1.165) is 0 Å². The Hall–Kier alpha value is -2.42. The second-order valence-electron chi connectivity index (χ2n) is 6.27. The topological polar surface area (TPSA) is 95.7 Å². The first-order chi connectivity index (χ1) is 13.0. The Morgan fingerprint density at radius 1 is 1.22 bits per heavy atom. The summed E-state index contributed by atoms with van der Waals surface area (Å²) in [5, 5.41) is 11.4. The van der Waals surface area contributed by atoms with Gasteiger partial charge < -0.3 is 23.9 Å². The van der Waals surface area contributed by atoms with Gasteiger partial charge in [0.1, 0.15) is 0 Å². The average molecular weight is 393 g/mol. The van der Waals surface area contributed by atoms with Gasteiger partial charge >= 0.3 is 0 Å². The third-order valence-corrected chi connectivity index (χ3v) is 5.18. The van der Waals surface area contributed by atoms with Gasteiger partial charge in [-0.2, -0.15) is 0 Å². The molecule has 8 nitrogen and oxygen atoms in total. The molecule has 1 N–H and O–H groups in total. The highest BCUT2D eigenvalue weighted by atomic mass is 32.2. The average Bonchev–Trinajstić information content (AvgIpc) is 3.43. The van der Waals surface area contributed by atoms with Gasteiger partial charge in [0.15, 0.2) is 11.5 Å². The summed E-state index contributed by atoms with van der Waals surface area (Å²) >= 11 is 1.21. The summed E-state index contributed by atoms with van der Waals surface area (Å²) in [6.45, 7) is 2.04. The molecule has 2 aromatic rings. The van der Waals surface area contributed by atoms with Gasteiger partial charge in [0.05, 0.1) is 27.1 Å². The molecule has 1 aliphatic carbocycles. The zero-order valence-electron chi connectivity index (χ0n) is 15.8. The molecule has 0 bridgehead atoms. The van der Waals surface area contributed by atoms with E-state index in [1.165, 1.54) is 45.9 Å². The van der Waals surface area contributed by atoms with E-state index in [0.29, 0.717) is 39.8 Å². The van der Waals surface area contributed by atoms with Gasteiger partial charge in [-0.15, -0.1) is 10.2 Å². The lowest BCUT2D eigenvalue weighted by molar-refractivity contribution is -0.119. The number of rotatable bonds is 9. The van der Waals surface area contributed by atoms with E-state index in [1.807, 2.05) is 6.92 Å². The third kappa shape index (κ3) is 4.65. The van der Waals surface area contributed by atoms with Crippen LogP contribution in [0.3, 0.4) is 0 Å². The highest BCUT2D eigenvalue weighted by Gasteiger charge is 2.28. The molecule has 1 amide bonds. The van der Waals surface area contributed by atoms with Crippen LogP contribution in [0.15, 0.2) is 21.8 Å². The highest BCUT2D eigenvalue weighted by Crippen LogP contribution is 2.41. The molecular weight excluding hydrogens is 370 g/mol. The van der Waals surface area contributed by atoms with Crippen LogP contribution < -0.4 is 19.5 Å². The molecule has 0 unspecified atom stereocenters. The largest absolute Gasteiger partial charge is 0.493 e. The fourth-order valence-corrected chi connectivity index (χ4v) is 3.30. The molecule has 1 atom stereocenters. The zero-order chi connectivity index (χ0) is 19.4. The first-order valence-corrected chi connectivity index (χ1v) is 9.60. The predicted octanol–water partition coefficient (Wildman–Crippen LogP) is 2.77. The maximum Gasteiger partial charge on any atom is 0.277 e. The number of hydrogen-bond donors (Lipinski definition) is 1. The first kappa shape index (κ1) is 19.3. The summed E-state index contributed by atoms with van der Waals surface area (Å²) in [4.78, 5) is 12.0. The van der Waals surface area contributed by atoms with Gasteiger partial charge in [-0.1, -0.05) is 11.8 Å². The van der Waals surface area contributed by atoms with Crippen molar-refractivity contribution in [2.75, 3.05) is 27.1 Å². The number of carbonyl (C=O) groups excluding carboxylic acids is 1. The number of amides is 1. The van der Waals surface area contributed by atoms with Crippen LogP contribution in [0.25, 0.3) is 11.5 Å². The number of ether oxygens (including phenoxy) is 3. The maximum atomic E-state index is 12.0. The van der Waals surface area contributed by atoms with Crippen LogP contribution in [0.2, 0.25) is 0 Å². The van der Waals surface area contributed by atoms with Gasteiger partial charge in [-0.3, -0.25) is 4.79 Å². The van der Waals surface area contributed by atoms with Crippen molar-refractivity contribution in [1.29, 1.82) is 0 Å². The Labute approximate surface area is 162 Å². The monoisotopic (exact) mass is 393 g/mol. The van der Waals surface area contributed by atoms with Gasteiger partial charge in [-0.25, -0.2) is 0 Å². The molecule has 1 heterocycles. The van der Waals surface area contributed by atoms with Gasteiger partial charge in [0.25, 0.3) is 5.22 Å². The second-order valence-corrected chi connectivity index (χ2v) is 7.20. The van der Waals surface area contributed by atoms with Crippen LogP contribution in [-0.4, -0.2) is 49.2 Å². The van der Waals surface area contributed by atoms with Crippen LogP contribution in [0.1, 0.15) is 19.8 Å². The lowest BCUT2D eigenvalue weighted by Gasteiger charge is -2.12. The summed E-state index contributed by atoms with van der Waals surface area (Å²) in [5.74, 6) is 2.60. The minimum Gasteiger partial charge on any atom is -0.493 e. The fraction of sp³-hybridized carbons (Fsp3) is 0.500. The van der Waals surface area contributed by atoms with Crippen LogP contribution >= 0.6 is 11.8 Å². The number of nitrogens with zero attached hydrogens (tertiary/aromatic N) is 2. The van der Waals surface area contributed by atoms with Gasteiger partial charge in [0.2, 0.25) is 17.5 Å². The minimum atomic E-state index is -0.0352. The van der Waals surface area contributed by atoms with E-state index in [-0.39, 0.29) is 17.7 Å². The number of nitrogens with one attached hydrogen (secondary N) is 1. The van der Waals surface area contributed by atoms with E-state index < -0.39 is 0 Å². The number of thioether (sulfide) groups is 1. The van der Waals surface area contributed by atoms with Crippen LogP contribution in [0, 0.1) is 5.92 Å². The lowest BCUT2D eigenvalue weighted by atomic mass is 10.2. The summed E-state index contributed by atoms with van der Waals surface area (Å²) in [6.07, 6.45) is 2.38. The molecule has 0 spiro atoms. The normalized spacial score (nSPS) is 14.5. The summed E-state index contributed by atoms with van der Waals surface area (Å²) < 4.78 is 21.6. The van der Waals surface area contributed by atoms with E-state index in [1.54, 1.807) is 12.1 Å². The van der Waals surface area contributed by atoms with Crippen LogP contribution in [-0.2, 0) is 4.79 Å². The van der Waals surface area contributed by atoms with E-state index in [9.17, 15) is 4.79 Å². The van der Waals surface area contributed by atoms with Crippen LogP contribution in [0.5, 0.6) is 17.2 Å². The number of carbonyl (C=O) groups is 1. The van der Waals surface area contributed by atoms with Crippen LogP contribution in [0.4, 0.5) is 0 Å². The zero-order valence-corrected chi connectivity index (χ0v) is 16.6. The molecule has 1 saturated carbocycles. The number of hydrogen-bond acceptors (Lipinski definition) is 8. The van der Waals surface area contributed by atoms with Crippen molar-refractivity contribution in [3.05, 3.63) is 12.1 Å².